The van der Waals surface area contributed by atoms with Gasteiger partial charge in [0, 0.05) is 25.3 Å². The highest BCUT2D eigenvalue weighted by Crippen LogP contribution is 2.27. The first kappa shape index (κ1) is 24.2. The van der Waals surface area contributed by atoms with Crippen LogP contribution in [0.2, 0.25) is 0 Å². The number of pyridine rings is 1. The zero-order valence-electron chi connectivity index (χ0n) is 18.1. The standard InChI is InChI=1S/C21H35N3O3S2/c1-16(2)10-11-17(3)23-20(25)15-28-21-13-12-19(14-22-21)29(26,27)24(4)18-8-6-5-7-9-18/h12-14,16-18H,5-11,15H2,1-4H3,(H,23,25). The van der Waals surface area contributed by atoms with Crippen molar-refractivity contribution in [1.29, 1.82) is 0 Å². The molecule has 1 amide bonds. The Labute approximate surface area is 180 Å². The van der Waals surface area contributed by atoms with Gasteiger partial charge in [-0.2, -0.15) is 4.31 Å². The average molecular weight is 442 g/mol. The SMILES string of the molecule is CC(C)CCC(C)NC(=O)CSc1ccc(S(=O)(=O)N(C)C2CCCCC2)cn1. The van der Waals surface area contributed by atoms with E-state index in [-0.39, 0.29) is 28.6 Å². The lowest BCUT2D eigenvalue weighted by Gasteiger charge is -2.30. The van der Waals surface area contributed by atoms with E-state index in [1.165, 1.54) is 28.7 Å². The molecule has 0 aromatic carbocycles. The van der Waals surface area contributed by atoms with E-state index in [0.717, 1.165) is 38.5 Å². The Kier molecular flexibility index (Phi) is 9.43. The van der Waals surface area contributed by atoms with E-state index < -0.39 is 10.0 Å². The third kappa shape index (κ3) is 7.57. The van der Waals surface area contributed by atoms with Gasteiger partial charge in [-0.1, -0.05) is 44.9 Å². The van der Waals surface area contributed by atoms with E-state index in [4.69, 9.17) is 0 Å². The smallest absolute Gasteiger partial charge is 0.244 e. The van der Waals surface area contributed by atoms with Crippen molar-refractivity contribution in [2.24, 2.45) is 5.92 Å². The van der Waals surface area contributed by atoms with Crippen LogP contribution in [0.5, 0.6) is 0 Å². The van der Waals surface area contributed by atoms with Crippen LogP contribution in [0.4, 0.5) is 0 Å². The van der Waals surface area contributed by atoms with Crippen molar-refractivity contribution < 1.29 is 13.2 Å². The van der Waals surface area contributed by atoms with E-state index in [2.05, 4.69) is 24.1 Å². The molecule has 1 aromatic heterocycles. The molecule has 1 aromatic rings. The first-order valence-electron chi connectivity index (χ1n) is 10.6. The summed E-state index contributed by atoms with van der Waals surface area (Å²) in [7, 11) is -1.87. The first-order valence-corrected chi connectivity index (χ1v) is 13.0. The molecular weight excluding hydrogens is 406 g/mol. The first-order chi connectivity index (χ1) is 13.7. The highest BCUT2D eigenvalue weighted by molar-refractivity contribution is 7.99. The van der Waals surface area contributed by atoms with Gasteiger partial charge in [-0.25, -0.2) is 13.4 Å². The third-order valence-corrected chi connectivity index (χ3v) is 8.25. The molecule has 0 radical (unpaired) electrons. The van der Waals surface area contributed by atoms with E-state index >= 15 is 0 Å². The van der Waals surface area contributed by atoms with Crippen molar-refractivity contribution in [2.75, 3.05) is 12.8 Å². The van der Waals surface area contributed by atoms with Crippen LogP contribution in [-0.2, 0) is 14.8 Å². The van der Waals surface area contributed by atoms with E-state index in [1.54, 1.807) is 19.2 Å². The number of carbonyl (C=O) groups excluding carboxylic acids is 1. The monoisotopic (exact) mass is 441 g/mol. The maximum absolute atomic E-state index is 12.9. The largest absolute Gasteiger partial charge is 0.353 e. The van der Waals surface area contributed by atoms with Gasteiger partial charge in [0.25, 0.3) is 0 Å². The predicted octanol–water partition coefficient (Wildman–Crippen LogP) is 4.07. The number of hydrogen-bond donors (Lipinski definition) is 1. The molecule has 8 heteroatoms. The number of amides is 1. The normalized spacial score (nSPS) is 16.9. The van der Waals surface area contributed by atoms with Crippen LogP contribution in [0, 0.1) is 5.92 Å². The third-order valence-electron chi connectivity index (χ3n) is 5.41. The minimum atomic E-state index is -3.53. The van der Waals surface area contributed by atoms with E-state index in [9.17, 15) is 13.2 Å². The maximum atomic E-state index is 12.9. The summed E-state index contributed by atoms with van der Waals surface area (Å²) in [5.41, 5.74) is 0. The number of nitrogens with zero attached hydrogens (tertiary/aromatic N) is 2. The quantitative estimate of drug-likeness (QED) is 0.554. The summed E-state index contributed by atoms with van der Waals surface area (Å²) in [5, 5.41) is 3.65. The maximum Gasteiger partial charge on any atom is 0.244 e. The fraction of sp³-hybridized carbons (Fsp3) is 0.714. The second kappa shape index (κ2) is 11.3. The average Bonchev–Trinajstić information content (AvgIpc) is 2.71. The lowest BCUT2D eigenvalue weighted by atomic mass is 9.96. The number of thioether (sulfide) groups is 1. The summed E-state index contributed by atoms with van der Waals surface area (Å²) in [6.45, 7) is 6.37. The van der Waals surface area contributed by atoms with Crippen LogP contribution in [-0.4, -0.2) is 48.5 Å². The zero-order valence-corrected chi connectivity index (χ0v) is 19.7. The van der Waals surface area contributed by atoms with Crippen LogP contribution < -0.4 is 5.32 Å². The van der Waals surface area contributed by atoms with Crippen LogP contribution in [0.3, 0.4) is 0 Å². The number of carbonyl (C=O) groups is 1. The van der Waals surface area contributed by atoms with Gasteiger partial charge in [0.05, 0.1) is 10.8 Å². The van der Waals surface area contributed by atoms with Crippen molar-refractivity contribution in [3.05, 3.63) is 18.3 Å². The van der Waals surface area contributed by atoms with Crippen molar-refractivity contribution in [3.63, 3.8) is 0 Å². The van der Waals surface area contributed by atoms with Gasteiger partial charge in [0.15, 0.2) is 0 Å². The summed E-state index contributed by atoms with van der Waals surface area (Å²) in [4.78, 5) is 16.6. The van der Waals surface area contributed by atoms with Crippen molar-refractivity contribution in [1.82, 2.24) is 14.6 Å². The molecule has 0 spiro atoms. The molecule has 0 aliphatic heterocycles. The Balaban J connectivity index is 1.87. The lowest BCUT2D eigenvalue weighted by Crippen LogP contribution is -2.38. The summed E-state index contributed by atoms with van der Waals surface area (Å²) in [6, 6.07) is 3.50. The second-order valence-electron chi connectivity index (χ2n) is 8.37. The number of hydrogen-bond acceptors (Lipinski definition) is 5. The molecule has 1 aliphatic carbocycles. The van der Waals surface area contributed by atoms with E-state index in [1.807, 2.05) is 6.92 Å². The van der Waals surface area contributed by atoms with Crippen LogP contribution in [0.1, 0.15) is 65.7 Å². The fourth-order valence-electron chi connectivity index (χ4n) is 3.52. The molecule has 1 fully saturated rings. The fourth-order valence-corrected chi connectivity index (χ4v) is 5.54. The minimum Gasteiger partial charge on any atom is -0.353 e. The van der Waals surface area contributed by atoms with Crippen molar-refractivity contribution >= 4 is 27.7 Å². The second-order valence-corrected chi connectivity index (χ2v) is 11.4. The molecule has 1 heterocycles. The number of aromatic nitrogens is 1. The Morgan fingerprint density at radius 3 is 2.48 bits per heavy atom. The number of rotatable bonds is 10. The van der Waals surface area contributed by atoms with Crippen molar-refractivity contribution in [2.45, 2.75) is 87.7 Å². The van der Waals surface area contributed by atoms with Gasteiger partial charge >= 0.3 is 0 Å². The molecule has 29 heavy (non-hydrogen) atoms. The number of nitrogens with one attached hydrogen (secondary N) is 1. The summed E-state index contributed by atoms with van der Waals surface area (Å²) in [5.74, 6) is 0.870. The molecule has 1 N–H and O–H groups in total. The molecule has 164 valence electrons. The molecule has 0 bridgehead atoms. The van der Waals surface area contributed by atoms with Crippen molar-refractivity contribution in [3.8, 4) is 0 Å². The molecule has 1 unspecified atom stereocenters. The van der Waals surface area contributed by atoms with E-state index in [0.29, 0.717) is 10.9 Å². The Hall–Kier alpha value is -1.12. The zero-order chi connectivity index (χ0) is 21.4. The summed E-state index contributed by atoms with van der Waals surface area (Å²) in [6.07, 6.45) is 8.63. The predicted molar refractivity (Wildman–Crippen MR) is 118 cm³/mol. The Morgan fingerprint density at radius 2 is 1.90 bits per heavy atom. The summed E-state index contributed by atoms with van der Waals surface area (Å²) < 4.78 is 27.2. The highest BCUT2D eigenvalue weighted by Gasteiger charge is 2.29. The van der Waals surface area contributed by atoms with Gasteiger partial charge in [0.2, 0.25) is 15.9 Å². The molecule has 1 aliphatic rings. The van der Waals surface area contributed by atoms with Crippen LogP contribution in [0.25, 0.3) is 0 Å². The molecule has 1 atom stereocenters. The Bertz CT molecular complexity index is 745. The molecule has 2 rings (SSSR count). The van der Waals surface area contributed by atoms with Gasteiger partial charge < -0.3 is 5.32 Å². The molecule has 0 saturated heterocycles. The van der Waals surface area contributed by atoms with Crippen LogP contribution >= 0.6 is 11.8 Å². The highest BCUT2D eigenvalue weighted by atomic mass is 32.2. The lowest BCUT2D eigenvalue weighted by molar-refractivity contribution is -0.119. The topological polar surface area (TPSA) is 79.4 Å². The van der Waals surface area contributed by atoms with Gasteiger partial charge in [-0.3, -0.25) is 4.79 Å². The van der Waals surface area contributed by atoms with Crippen LogP contribution in [0.15, 0.2) is 28.3 Å². The number of sulfonamides is 1. The van der Waals surface area contributed by atoms with Gasteiger partial charge in [0.1, 0.15) is 4.90 Å². The Morgan fingerprint density at radius 1 is 1.21 bits per heavy atom. The minimum absolute atomic E-state index is 0.0261. The van der Waals surface area contributed by atoms with Gasteiger partial charge in [-0.05, 0) is 50.7 Å². The van der Waals surface area contributed by atoms with Gasteiger partial charge in [-0.15, -0.1) is 0 Å². The summed E-state index contributed by atoms with van der Waals surface area (Å²) >= 11 is 1.32. The molecule has 1 saturated carbocycles. The molecule has 6 nitrogen and oxygen atoms in total. The molecular formula is C21H35N3O3S2.